The van der Waals surface area contributed by atoms with E-state index in [2.05, 4.69) is 45.6 Å². The van der Waals surface area contributed by atoms with Crippen molar-refractivity contribution in [3.8, 4) is 56.9 Å². The molecule has 20 nitrogen and oxygen atoms in total. The number of aromatic nitrogens is 7. The predicted octanol–water partition coefficient (Wildman–Crippen LogP) is 4.80. The van der Waals surface area contributed by atoms with Crippen molar-refractivity contribution in [3.63, 3.8) is 0 Å². The number of ether oxygens (including phenoxy) is 4. The van der Waals surface area contributed by atoms with Crippen LogP contribution in [0.2, 0.25) is 0 Å². The number of nitrogens with zero attached hydrogens (tertiary/aromatic N) is 9. The van der Waals surface area contributed by atoms with Gasteiger partial charge in [-0.25, -0.2) is 42.6 Å². The topological polar surface area (TPSA) is 238 Å². The fourth-order valence-electron chi connectivity index (χ4n) is 10.1. The van der Waals surface area contributed by atoms with Crippen LogP contribution in [-0.2, 0) is 19.5 Å². The molecule has 3 saturated heterocycles. The number of anilines is 2. The SMILES string of the molecule is CNCC(O)COc1cc(-c2nc(C3CCN(S(C)(=O)=O)CC3)cc(N(C)C3CCOCC3)n2)cc(-c2ncc3c(-c4nc(-c5cccc(OC[C@H](O)CNC)c5)nc(N(C)C5CCOCC5)c4C)c[nH]c3n2)c1. The minimum absolute atomic E-state index is 0.0143. The highest BCUT2D eigenvalue weighted by Gasteiger charge is 2.30. The second kappa shape index (κ2) is 23.7. The predicted molar refractivity (Wildman–Crippen MR) is 285 cm³/mol. The van der Waals surface area contributed by atoms with E-state index in [1.54, 1.807) is 14.1 Å². The Kier molecular flexibility index (Phi) is 17.0. The summed E-state index contributed by atoms with van der Waals surface area (Å²) in [6, 6.07) is 15.8. The number of rotatable bonds is 20. The fourth-order valence-corrected chi connectivity index (χ4v) is 11.0. The van der Waals surface area contributed by atoms with Gasteiger partial charge in [-0.15, -0.1) is 0 Å². The van der Waals surface area contributed by atoms with Gasteiger partial charge >= 0.3 is 0 Å². The lowest BCUT2D eigenvalue weighted by atomic mass is 9.94. The number of hydrogen-bond acceptors (Lipinski definition) is 18. The van der Waals surface area contributed by atoms with Crippen LogP contribution in [0.25, 0.3) is 56.5 Å². The molecule has 0 saturated carbocycles. The van der Waals surface area contributed by atoms with Gasteiger partial charge in [-0.05, 0) is 89.9 Å². The van der Waals surface area contributed by atoms with Crippen LogP contribution in [0.1, 0.15) is 55.7 Å². The number of likely N-dealkylation sites (N-methyl/N-ethyl adjacent to an activating group) is 2. The molecule has 0 spiro atoms. The summed E-state index contributed by atoms with van der Waals surface area (Å²) in [5.41, 5.74) is 5.95. The Bertz CT molecular complexity index is 2980. The normalized spacial score (nSPS) is 17.4. The highest BCUT2D eigenvalue weighted by Crippen LogP contribution is 2.38. The molecule has 21 heteroatoms. The Morgan fingerprint density at radius 3 is 2.01 bits per heavy atom. The third-order valence-electron chi connectivity index (χ3n) is 14.3. The molecule has 0 amide bonds. The molecule has 3 aliphatic heterocycles. The number of hydrogen-bond donors (Lipinski definition) is 5. The van der Waals surface area contributed by atoms with E-state index >= 15 is 0 Å². The first-order valence-electron chi connectivity index (χ1n) is 25.6. The zero-order valence-electron chi connectivity index (χ0n) is 43.3. The number of H-pyrrole nitrogens is 1. The Hall–Kier alpha value is -5.91. The van der Waals surface area contributed by atoms with Crippen molar-refractivity contribution in [1.82, 2.24) is 49.8 Å². The van der Waals surface area contributed by atoms with Crippen LogP contribution in [0.15, 0.2) is 60.9 Å². The molecule has 9 rings (SSSR count). The molecule has 0 aliphatic carbocycles. The first-order valence-corrected chi connectivity index (χ1v) is 27.5. The largest absolute Gasteiger partial charge is 0.491 e. The monoisotopic (exact) mass is 1030 g/mol. The molecule has 3 fully saturated rings. The van der Waals surface area contributed by atoms with E-state index in [1.807, 2.05) is 61.8 Å². The van der Waals surface area contributed by atoms with E-state index < -0.39 is 22.2 Å². The summed E-state index contributed by atoms with van der Waals surface area (Å²) in [6.45, 7) is 6.48. The van der Waals surface area contributed by atoms with Gasteiger partial charge in [0.2, 0.25) is 10.0 Å². The second-order valence-corrected chi connectivity index (χ2v) is 21.6. The highest BCUT2D eigenvalue weighted by atomic mass is 32.2. The molecule has 2 atom stereocenters. The number of aromatic amines is 1. The molecule has 0 radical (unpaired) electrons. The van der Waals surface area contributed by atoms with Gasteiger partial charge in [0.15, 0.2) is 17.5 Å². The summed E-state index contributed by atoms with van der Waals surface area (Å²) in [4.78, 5) is 38.8. The van der Waals surface area contributed by atoms with Gasteiger partial charge in [-0.3, -0.25) is 0 Å². The quantitative estimate of drug-likeness (QED) is 0.0690. The van der Waals surface area contributed by atoms with E-state index in [0.29, 0.717) is 111 Å². The van der Waals surface area contributed by atoms with Crippen molar-refractivity contribution in [3.05, 3.63) is 72.2 Å². The van der Waals surface area contributed by atoms with E-state index in [9.17, 15) is 18.6 Å². The fraction of sp³-hybridized carbons (Fsp3) is 0.509. The van der Waals surface area contributed by atoms with Crippen LogP contribution in [0.5, 0.6) is 11.5 Å². The van der Waals surface area contributed by atoms with Crippen molar-refractivity contribution in [2.45, 2.75) is 75.7 Å². The van der Waals surface area contributed by atoms with Crippen LogP contribution < -0.4 is 29.9 Å². The van der Waals surface area contributed by atoms with Gasteiger partial charge in [0, 0.05) is 142 Å². The lowest BCUT2D eigenvalue weighted by Gasteiger charge is -2.33. The van der Waals surface area contributed by atoms with Gasteiger partial charge in [-0.2, -0.15) is 0 Å². The zero-order chi connectivity index (χ0) is 51.9. The maximum Gasteiger partial charge on any atom is 0.211 e. The number of benzene rings is 2. The maximum atomic E-state index is 12.5. The average Bonchev–Trinajstić information content (AvgIpc) is 3.85. The molecule has 74 heavy (non-hydrogen) atoms. The van der Waals surface area contributed by atoms with Crippen molar-refractivity contribution in [1.29, 1.82) is 0 Å². The zero-order valence-corrected chi connectivity index (χ0v) is 44.1. The van der Waals surface area contributed by atoms with Gasteiger partial charge in [-0.1, -0.05) is 12.1 Å². The number of fused-ring (bicyclic) bond motifs is 1. The summed E-state index contributed by atoms with van der Waals surface area (Å²) < 4.78 is 50.2. The molecule has 6 aromatic rings. The molecule has 396 valence electrons. The van der Waals surface area contributed by atoms with E-state index in [4.69, 9.17) is 48.9 Å². The third kappa shape index (κ3) is 12.4. The molecule has 1 unspecified atom stereocenters. The molecule has 3 aliphatic rings. The molecule has 5 N–H and O–H groups in total. The van der Waals surface area contributed by atoms with Crippen molar-refractivity contribution >= 4 is 32.7 Å². The number of aliphatic hydroxyl groups excluding tert-OH is 2. The van der Waals surface area contributed by atoms with Gasteiger partial charge in [0.1, 0.15) is 54.2 Å². The lowest BCUT2D eigenvalue weighted by molar-refractivity contribution is 0.0852. The van der Waals surface area contributed by atoms with Gasteiger partial charge < -0.3 is 54.6 Å². The summed E-state index contributed by atoms with van der Waals surface area (Å²) >= 11 is 0. The minimum atomic E-state index is -3.32. The summed E-state index contributed by atoms with van der Waals surface area (Å²) in [5, 5.41) is 27.8. The van der Waals surface area contributed by atoms with Crippen LogP contribution in [-0.4, -0.2) is 182 Å². The van der Waals surface area contributed by atoms with Gasteiger partial charge in [0.05, 0.1) is 11.9 Å². The van der Waals surface area contributed by atoms with Crippen LogP contribution in [0, 0.1) is 6.92 Å². The molecule has 7 heterocycles. The Balaban J connectivity index is 1.10. The van der Waals surface area contributed by atoms with Crippen molar-refractivity contribution in [2.75, 3.05) is 110 Å². The van der Waals surface area contributed by atoms with Crippen molar-refractivity contribution in [2.24, 2.45) is 0 Å². The molecular formula is C53H70N12O8S. The molecule has 4 aromatic heterocycles. The Labute approximate surface area is 433 Å². The molecule has 2 aromatic carbocycles. The second-order valence-electron chi connectivity index (χ2n) is 19.6. The van der Waals surface area contributed by atoms with Gasteiger partial charge in [0.25, 0.3) is 0 Å². The third-order valence-corrected chi connectivity index (χ3v) is 15.6. The van der Waals surface area contributed by atoms with Crippen LogP contribution in [0.3, 0.4) is 0 Å². The molecule has 0 bridgehead atoms. The number of sulfonamides is 1. The van der Waals surface area contributed by atoms with E-state index in [0.717, 1.165) is 70.8 Å². The Morgan fingerprint density at radius 2 is 1.36 bits per heavy atom. The summed E-state index contributed by atoms with van der Waals surface area (Å²) in [6.07, 6.45) is 8.26. The smallest absolute Gasteiger partial charge is 0.211 e. The average molecular weight is 1040 g/mol. The maximum absolute atomic E-state index is 12.5. The lowest BCUT2D eigenvalue weighted by Crippen LogP contribution is -2.38. The Morgan fingerprint density at radius 1 is 0.757 bits per heavy atom. The molecular weight excluding hydrogens is 965 g/mol. The van der Waals surface area contributed by atoms with Crippen LogP contribution in [0.4, 0.5) is 11.6 Å². The minimum Gasteiger partial charge on any atom is -0.491 e. The standard InChI is InChI=1S/C53H70N12O8S/c1-33-48(60-50(62-53(33)64(5)39-14-20-71-21-15-39)35-8-7-9-42(23-35)72-31-40(66)27-54-2)44-29-57-52-45(44)30-56-49(61-52)36-22-37(25-43(24-36)73-32-41(67)28-55-3)51-58-46(34-10-16-65(17-11-34)74(6,68)69)26-47(59-51)63(4)38-12-18-70-19-13-38/h7-9,22-26,29-30,34,38-41,54-55,66-67H,10-21,27-28,31-32H2,1-6H3,(H,56,57,61)/t40-,41?/m1/s1. The summed E-state index contributed by atoms with van der Waals surface area (Å²) in [5.74, 6) is 4.08. The van der Waals surface area contributed by atoms with E-state index in [1.165, 1.54) is 10.6 Å². The van der Waals surface area contributed by atoms with E-state index in [-0.39, 0.29) is 31.2 Å². The number of aliphatic hydroxyl groups is 2. The first-order chi connectivity index (χ1) is 35.8. The number of piperidine rings is 1. The van der Waals surface area contributed by atoms with Crippen molar-refractivity contribution < 1.29 is 37.6 Å². The van der Waals surface area contributed by atoms with Crippen LogP contribution >= 0.6 is 0 Å². The first kappa shape index (κ1) is 52.9. The number of nitrogens with one attached hydrogen (secondary N) is 3. The highest BCUT2D eigenvalue weighted by molar-refractivity contribution is 7.88. The summed E-state index contributed by atoms with van der Waals surface area (Å²) in [7, 11) is 4.38.